The van der Waals surface area contributed by atoms with Crippen LogP contribution in [0.1, 0.15) is 5.56 Å². The first-order chi connectivity index (χ1) is 17.5. The molecule has 2 fully saturated rings. The maximum Gasteiger partial charge on any atom is 0.329 e. The molecule has 3 aromatic rings. The van der Waals surface area contributed by atoms with E-state index in [9.17, 15) is 19.2 Å². The number of hydrogen-bond donors (Lipinski definition) is 2. The molecule has 2 aromatic carbocycles. The Balaban J connectivity index is 1.34. The lowest BCUT2D eigenvalue weighted by molar-refractivity contribution is -0.135. The number of ether oxygens (including phenoxy) is 1. The minimum absolute atomic E-state index is 0.0147. The molecule has 36 heavy (non-hydrogen) atoms. The van der Waals surface area contributed by atoms with Crippen LogP contribution in [0.15, 0.2) is 66.5 Å². The van der Waals surface area contributed by atoms with Gasteiger partial charge in [0.2, 0.25) is 11.8 Å². The quantitative estimate of drug-likeness (QED) is 0.408. The number of rotatable bonds is 6. The van der Waals surface area contributed by atoms with E-state index in [0.717, 1.165) is 15.8 Å². The second kappa shape index (κ2) is 10.0. The summed E-state index contributed by atoms with van der Waals surface area (Å²) in [6, 6.07) is 15.7. The number of carbonyl (C=O) groups is 4. The number of amides is 5. The molecule has 3 heterocycles. The van der Waals surface area contributed by atoms with Crippen molar-refractivity contribution in [1.82, 2.24) is 19.7 Å². The van der Waals surface area contributed by atoms with Gasteiger partial charge < -0.3 is 24.8 Å². The average Bonchev–Trinajstić information content (AvgIpc) is 3.37. The molecule has 0 saturated carbocycles. The fourth-order valence-corrected chi connectivity index (χ4v) is 4.32. The number of fused-ring (bicyclic) bond motifs is 1. The Labute approximate surface area is 207 Å². The molecule has 2 saturated heterocycles. The molecule has 1 aromatic heterocycles. The van der Waals surface area contributed by atoms with E-state index < -0.39 is 24.4 Å². The summed E-state index contributed by atoms with van der Waals surface area (Å²) < 4.78 is 7.17. The number of urea groups is 1. The molecule has 0 spiro atoms. The number of imide groups is 1. The minimum atomic E-state index is -0.666. The van der Waals surface area contributed by atoms with E-state index in [1.807, 2.05) is 34.9 Å². The van der Waals surface area contributed by atoms with Crippen LogP contribution < -0.4 is 10.6 Å². The summed E-state index contributed by atoms with van der Waals surface area (Å²) in [5.41, 5.74) is 2.15. The van der Waals surface area contributed by atoms with Gasteiger partial charge >= 0.3 is 6.03 Å². The van der Waals surface area contributed by atoms with Crippen LogP contribution in [0.25, 0.3) is 17.0 Å². The second-order valence-electron chi connectivity index (χ2n) is 8.52. The summed E-state index contributed by atoms with van der Waals surface area (Å²) in [7, 11) is 0. The molecule has 184 valence electrons. The predicted molar refractivity (Wildman–Crippen MR) is 133 cm³/mol. The number of carbonyl (C=O) groups excluding carboxylic acids is 4. The van der Waals surface area contributed by atoms with Gasteiger partial charge in [-0.15, -0.1) is 0 Å². The molecular formula is C26H25N5O5. The summed E-state index contributed by atoms with van der Waals surface area (Å²) in [4.78, 5) is 53.3. The van der Waals surface area contributed by atoms with Crippen molar-refractivity contribution in [2.75, 3.05) is 38.2 Å². The highest BCUT2D eigenvalue weighted by molar-refractivity contribution is 6.16. The topological polar surface area (TPSA) is 113 Å². The van der Waals surface area contributed by atoms with Gasteiger partial charge in [-0.1, -0.05) is 36.4 Å². The molecule has 10 heteroatoms. The first kappa shape index (κ1) is 23.3. The van der Waals surface area contributed by atoms with Crippen molar-refractivity contribution in [2.45, 2.75) is 6.54 Å². The number of nitrogens with zero attached hydrogens (tertiary/aromatic N) is 3. The maximum absolute atomic E-state index is 13.0. The molecule has 0 atom stereocenters. The van der Waals surface area contributed by atoms with Crippen LogP contribution in [0.5, 0.6) is 0 Å². The van der Waals surface area contributed by atoms with Gasteiger partial charge in [0, 0.05) is 41.4 Å². The van der Waals surface area contributed by atoms with E-state index >= 15 is 0 Å². The van der Waals surface area contributed by atoms with E-state index in [4.69, 9.17) is 4.74 Å². The Morgan fingerprint density at radius 3 is 2.47 bits per heavy atom. The smallest absolute Gasteiger partial charge is 0.329 e. The largest absolute Gasteiger partial charge is 0.378 e. The number of nitrogens with one attached hydrogen (secondary N) is 2. The van der Waals surface area contributed by atoms with E-state index in [2.05, 4.69) is 10.6 Å². The number of para-hydroxylation sites is 2. The van der Waals surface area contributed by atoms with Gasteiger partial charge in [0.1, 0.15) is 18.8 Å². The number of aromatic nitrogens is 1. The van der Waals surface area contributed by atoms with Crippen LogP contribution in [-0.4, -0.2) is 71.0 Å². The molecule has 0 bridgehead atoms. The minimum Gasteiger partial charge on any atom is -0.378 e. The zero-order valence-electron chi connectivity index (χ0n) is 19.5. The van der Waals surface area contributed by atoms with Gasteiger partial charge in [0.05, 0.1) is 13.2 Å². The molecule has 0 aliphatic carbocycles. The summed E-state index contributed by atoms with van der Waals surface area (Å²) in [5, 5.41) is 6.06. The number of hydrogen-bond acceptors (Lipinski definition) is 5. The molecule has 2 aliphatic rings. The third-order valence-electron chi connectivity index (χ3n) is 6.11. The fourth-order valence-electron chi connectivity index (χ4n) is 4.32. The third kappa shape index (κ3) is 4.84. The van der Waals surface area contributed by atoms with Gasteiger partial charge in [-0.25, -0.2) is 9.69 Å². The lowest BCUT2D eigenvalue weighted by atomic mass is 10.1. The van der Waals surface area contributed by atoms with Crippen LogP contribution in [0.3, 0.4) is 0 Å². The lowest BCUT2D eigenvalue weighted by Crippen LogP contribution is -2.42. The number of benzene rings is 2. The van der Waals surface area contributed by atoms with Crippen molar-refractivity contribution < 1.29 is 23.9 Å². The van der Waals surface area contributed by atoms with Gasteiger partial charge in [0.25, 0.3) is 5.91 Å². The molecule has 10 nitrogen and oxygen atoms in total. The SMILES string of the molecule is O=C(CN1C(=O)NC(=Cc2cn(CC(=O)N3CCOCC3)c3ccccc23)C1=O)Nc1ccccc1. The first-order valence-electron chi connectivity index (χ1n) is 11.6. The van der Waals surface area contributed by atoms with Crippen molar-refractivity contribution in [2.24, 2.45) is 0 Å². The summed E-state index contributed by atoms with van der Waals surface area (Å²) in [6.07, 6.45) is 3.37. The average molecular weight is 488 g/mol. The van der Waals surface area contributed by atoms with Crippen molar-refractivity contribution >= 4 is 46.4 Å². The van der Waals surface area contributed by atoms with Crippen LogP contribution in [-0.2, 0) is 25.7 Å². The normalized spacial score (nSPS) is 17.1. The maximum atomic E-state index is 13.0. The fraction of sp³-hybridized carbons (Fsp3) is 0.231. The molecule has 2 N–H and O–H groups in total. The Bertz CT molecular complexity index is 1360. The van der Waals surface area contributed by atoms with Crippen LogP contribution in [0.2, 0.25) is 0 Å². The van der Waals surface area contributed by atoms with Gasteiger partial charge in [-0.05, 0) is 24.3 Å². The third-order valence-corrected chi connectivity index (χ3v) is 6.11. The Morgan fingerprint density at radius 1 is 0.972 bits per heavy atom. The molecule has 0 radical (unpaired) electrons. The Morgan fingerprint density at radius 2 is 1.69 bits per heavy atom. The zero-order chi connectivity index (χ0) is 25.1. The highest BCUT2D eigenvalue weighted by Gasteiger charge is 2.35. The van der Waals surface area contributed by atoms with Crippen molar-refractivity contribution in [1.29, 1.82) is 0 Å². The standard InChI is InChI=1S/C26H25N5O5/c32-23(27-19-6-2-1-3-7-19)16-31-25(34)21(28-26(31)35)14-18-15-30(22-9-5-4-8-20(18)22)17-24(33)29-10-12-36-13-11-29/h1-9,14-15H,10-13,16-17H2,(H,27,32)(H,28,35). The second-order valence-corrected chi connectivity index (χ2v) is 8.52. The van der Waals surface area contributed by atoms with Crippen molar-refractivity contribution in [3.63, 3.8) is 0 Å². The first-order valence-corrected chi connectivity index (χ1v) is 11.6. The highest BCUT2D eigenvalue weighted by Crippen LogP contribution is 2.25. The van der Waals surface area contributed by atoms with Gasteiger partial charge in [-0.2, -0.15) is 0 Å². The lowest BCUT2D eigenvalue weighted by Gasteiger charge is -2.27. The summed E-state index contributed by atoms with van der Waals surface area (Å²) in [6.45, 7) is 1.91. The number of anilines is 1. The summed E-state index contributed by atoms with van der Waals surface area (Å²) >= 11 is 0. The molecular weight excluding hydrogens is 462 g/mol. The van der Waals surface area contributed by atoms with E-state index in [1.165, 1.54) is 0 Å². The van der Waals surface area contributed by atoms with E-state index in [1.54, 1.807) is 41.4 Å². The molecule has 0 unspecified atom stereocenters. The predicted octanol–water partition coefficient (Wildman–Crippen LogP) is 2.03. The van der Waals surface area contributed by atoms with E-state index in [0.29, 0.717) is 37.6 Å². The van der Waals surface area contributed by atoms with Crippen molar-refractivity contribution in [3.8, 4) is 0 Å². The monoisotopic (exact) mass is 487 g/mol. The van der Waals surface area contributed by atoms with E-state index in [-0.39, 0.29) is 18.1 Å². The van der Waals surface area contributed by atoms with Crippen molar-refractivity contribution in [3.05, 3.63) is 72.1 Å². The van der Waals surface area contributed by atoms with Gasteiger partial charge in [-0.3, -0.25) is 14.4 Å². The van der Waals surface area contributed by atoms with Crippen LogP contribution in [0.4, 0.5) is 10.5 Å². The molecule has 5 amide bonds. The molecule has 5 rings (SSSR count). The highest BCUT2D eigenvalue weighted by atomic mass is 16.5. The Kier molecular flexibility index (Phi) is 6.50. The molecule has 2 aliphatic heterocycles. The zero-order valence-corrected chi connectivity index (χ0v) is 19.5. The van der Waals surface area contributed by atoms with Gasteiger partial charge in [0.15, 0.2) is 0 Å². The van der Waals surface area contributed by atoms with Crippen LogP contribution >= 0.6 is 0 Å². The summed E-state index contributed by atoms with van der Waals surface area (Å²) in [5.74, 6) is -1.09. The van der Waals surface area contributed by atoms with Crippen LogP contribution in [0, 0.1) is 0 Å². The Hall–Kier alpha value is -4.44. The number of morpholine rings is 1.